The molecule has 3 nitrogen and oxygen atoms in total. The maximum absolute atomic E-state index is 13.4. The number of nitrogens with one attached hydrogen (secondary N) is 1. The van der Waals surface area contributed by atoms with Gasteiger partial charge in [0.2, 0.25) is 0 Å². The summed E-state index contributed by atoms with van der Waals surface area (Å²) in [6, 6.07) is 22.4. The Hall–Kier alpha value is -3.33. The van der Waals surface area contributed by atoms with Crippen molar-refractivity contribution in [1.29, 1.82) is 0 Å². The van der Waals surface area contributed by atoms with Gasteiger partial charge in [-0.15, -0.1) is 0 Å². The molecule has 1 amide bonds. The van der Waals surface area contributed by atoms with E-state index in [1.807, 2.05) is 41.4 Å². The average Bonchev–Trinajstić information content (AvgIpc) is 3.20. The minimum Gasteiger partial charge on any atom is -0.361 e. The number of anilines is 1. The SMILES string of the molecule is Cc1cc(C)cc(N2C(=O)c3ccccc3C2c2c[nH]c3ccccc23)c1. The van der Waals surface area contributed by atoms with E-state index in [9.17, 15) is 4.79 Å². The van der Waals surface area contributed by atoms with Gasteiger partial charge < -0.3 is 4.98 Å². The molecule has 1 N–H and O–H groups in total. The van der Waals surface area contributed by atoms with E-state index in [1.165, 1.54) is 0 Å². The minimum absolute atomic E-state index is 0.0610. The molecule has 4 aromatic rings. The first-order chi connectivity index (χ1) is 13.1. The van der Waals surface area contributed by atoms with Gasteiger partial charge in [0.15, 0.2) is 0 Å². The second-order valence-corrected chi connectivity index (χ2v) is 7.30. The predicted octanol–water partition coefficient (Wildman–Crippen LogP) is 5.53. The normalized spacial score (nSPS) is 16.1. The molecule has 5 rings (SSSR count). The second kappa shape index (κ2) is 5.85. The molecule has 0 saturated heterocycles. The predicted molar refractivity (Wildman–Crippen MR) is 109 cm³/mol. The van der Waals surface area contributed by atoms with Crippen molar-refractivity contribution in [2.45, 2.75) is 19.9 Å². The maximum atomic E-state index is 13.4. The first-order valence-electron chi connectivity index (χ1n) is 9.20. The Morgan fingerprint density at radius 2 is 1.56 bits per heavy atom. The van der Waals surface area contributed by atoms with Crippen molar-refractivity contribution in [3.63, 3.8) is 0 Å². The van der Waals surface area contributed by atoms with E-state index in [-0.39, 0.29) is 11.9 Å². The van der Waals surface area contributed by atoms with Gasteiger partial charge in [-0.05, 0) is 54.8 Å². The number of hydrogen-bond donors (Lipinski definition) is 1. The quantitative estimate of drug-likeness (QED) is 0.505. The molecular formula is C24H20N2O. The van der Waals surface area contributed by atoms with Crippen molar-refractivity contribution in [2.75, 3.05) is 4.90 Å². The maximum Gasteiger partial charge on any atom is 0.259 e. The number of rotatable bonds is 2. The van der Waals surface area contributed by atoms with Crippen molar-refractivity contribution in [3.05, 3.63) is 101 Å². The van der Waals surface area contributed by atoms with Crippen LogP contribution in [-0.2, 0) is 0 Å². The molecule has 1 aliphatic heterocycles. The van der Waals surface area contributed by atoms with Gasteiger partial charge in [-0.25, -0.2) is 0 Å². The molecule has 132 valence electrons. The Morgan fingerprint density at radius 1 is 0.852 bits per heavy atom. The third kappa shape index (κ3) is 2.39. The Morgan fingerprint density at radius 3 is 2.37 bits per heavy atom. The molecule has 1 aromatic heterocycles. The minimum atomic E-state index is -0.133. The van der Waals surface area contributed by atoms with Crippen LogP contribution in [-0.4, -0.2) is 10.9 Å². The van der Waals surface area contributed by atoms with Gasteiger partial charge in [0, 0.05) is 33.9 Å². The molecule has 1 aliphatic rings. The number of nitrogens with zero attached hydrogens (tertiary/aromatic N) is 1. The van der Waals surface area contributed by atoms with Crippen molar-refractivity contribution >= 4 is 22.5 Å². The fraction of sp³-hybridized carbons (Fsp3) is 0.125. The zero-order valence-electron chi connectivity index (χ0n) is 15.4. The highest BCUT2D eigenvalue weighted by Crippen LogP contribution is 2.43. The first kappa shape index (κ1) is 15.9. The van der Waals surface area contributed by atoms with E-state index in [4.69, 9.17) is 0 Å². The first-order valence-corrected chi connectivity index (χ1v) is 9.20. The highest BCUT2D eigenvalue weighted by atomic mass is 16.2. The fourth-order valence-electron chi connectivity index (χ4n) is 4.30. The Kier molecular flexibility index (Phi) is 3.44. The number of amides is 1. The third-order valence-electron chi connectivity index (χ3n) is 5.36. The number of carbonyl (C=O) groups is 1. The standard InChI is InChI=1S/C24H20N2O/c1-15-11-16(2)13-17(12-15)26-23(19-8-3-4-9-20(19)24(26)27)21-14-25-22-10-6-5-7-18(21)22/h3-14,23,25H,1-2H3. The van der Waals surface area contributed by atoms with Crippen LogP contribution in [0.25, 0.3) is 10.9 Å². The van der Waals surface area contributed by atoms with E-state index in [2.05, 4.69) is 55.2 Å². The van der Waals surface area contributed by atoms with Gasteiger partial charge in [-0.3, -0.25) is 9.69 Å². The summed E-state index contributed by atoms with van der Waals surface area (Å²) in [5, 5.41) is 1.15. The number of H-pyrrole nitrogens is 1. The van der Waals surface area contributed by atoms with E-state index >= 15 is 0 Å². The van der Waals surface area contributed by atoms with Gasteiger partial charge in [0.1, 0.15) is 0 Å². The highest BCUT2D eigenvalue weighted by Gasteiger charge is 2.39. The summed E-state index contributed by atoms with van der Waals surface area (Å²) in [5.41, 5.74) is 7.33. The number of carbonyl (C=O) groups excluding carboxylic acids is 1. The summed E-state index contributed by atoms with van der Waals surface area (Å²) in [6.07, 6.45) is 2.04. The zero-order valence-corrected chi connectivity index (χ0v) is 15.4. The van der Waals surface area contributed by atoms with Gasteiger partial charge in [0.05, 0.1) is 6.04 Å². The molecule has 0 aliphatic carbocycles. The van der Waals surface area contributed by atoms with Crippen molar-refractivity contribution < 1.29 is 4.79 Å². The Bertz CT molecular complexity index is 1170. The van der Waals surface area contributed by atoms with Gasteiger partial charge in [0.25, 0.3) is 5.91 Å². The molecule has 0 fully saturated rings. The summed E-state index contributed by atoms with van der Waals surface area (Å²) < 4.78 is 0. The Balaban J connectivity index is 1.77. The topological polar surface area (TPSA) is 36.1 Å². The van der Waals surface area contributed by atoms with Crippen LogP contribution >= 0.6 is 0 Å². The van der Waals surface area contributed by atoms with Crippen LogP contribution in [0.5, 0.6) is 0 Å². The largest absolute Gasteiger partial charge is 0.361 e. The van der Waals surface area contributed by atoms with Gasteiger partial charge >= 0.3 is 0 Å². The lowest BCUT2D eigenvalue weighted by Crippen LogP contribution is -2.28. The van der Waals surface area contributed by atoms with E-state index < -0.39 is 0 Å². The molecule has 3 heteroatoms. The molecule has 0 bridgehead atoms. The zero-order chi connectivity index (χ0) is 18.5. The highest BCUT2D eigenvalue weighted by molar-refractivity contribution is 6.12. The summed E-state index contributed by atoms with van der Waals surface area (Å²) in [7, 11) is 0. The lowest BCUT2D eigenvalue weighted by Gasteiger charge is -2.26. The lowest BCUT2D eigenvalue weighted by molar-refractivity contribution is 0.0993. The van der Waals surface area contributed by atoms with Crippen molar-refractivity contribution in [2.24, 2.45) is 0 Å². The molecule has 0 saturated carbocycles. The lowest BCUT2D eigenvalue weighted by atomic mass is 9.97. The van der Waals surface area contributed by atoms with Crippen molar-refractivity contribution in [1.82, 2.24) is 4.98 Å². The number of para-hydroxylation sites is 1. The fourth-order valence-corrected chi connectivity index (χ4v) is 4.30. The number of benzene rings is 3. The van der Waals surface area contributed by atoms with Gasteiger partial charge in [-0.2, -0.15) is 0 Å². The van der Waals surface area contributed by atoms with Crippen LogP contribution in [0.3, 0.4) is 0 Å². The monoisotopic (exact) mass is 352 g/mol. The summed E-state index contributed by atoms with van der Waals surface area (Å²) in [6.45, 7) is 4.15. The summed E-state index contributed by atoms with van der Waals surface area (Å²) in [4.78, 5) is 18.7. The second-order valence-electron chi connectivity index (χ2n) is 7.30. The van der Waals surface area contributed by atoms with Gasteiger partial charge in [-0.1, -0.05) is 42.5 Å². The number of aromatic nitrogens is 1. The number of hydrogen-bond acceptors (Lipinski definition) is 1. The average molecular weight is 352 g/mol. The van der Waals surface area contributed by atoms with Crippen LogP contribution in [0.15, 0.2) is 72.9 Å². The molecule has 1 unspecified atom stereocenters. The molecule has 1 atom stereocenters. The van der Waals surface area contributed by atoms with Crippen LogP contribution in [0.2, 0.25) is 0 Å². The number of aromatic amines is 1. The molecule has 0 spiro atoms. The van der Waals surface area contributed by atoms with E-state index in [0.717, 1.165) is 44.4 Å². The van der Waals surface area contributed by atoms with Crippen LogP contribution in [0.4, 0.5) is 5.69 Å². The number of aryl methyl sites for hydroxylation is 2. The molecule has 0 radical (unpaired) electrons. The number of fused-ring (bicyclic) bond motifs is 2. The third-order valence-corrected chi connectivity index (χ3v) is 5.36. The molecule has 27 heavy (non-hydrogen) atoms. The van der Waals surface area contributed by atoms with Crippen LogP contribution in [0.1, 0.15) is 38.7 Å². The van der Waals surface area contributed by atoms with Crippen LogP contribution in [0, 0.1) is 13.8 Å². The molecule has 3 aromatic carbocycles. The van der Waals surface area contributed by atoms with Crippen molar-refractivity contribution in [3.8, 4) is 0 Å². The van der Waals surface area contributed by atoms with Crippen LogP contribution < -0.4 is 4.90 Å². The van der Waals surface area contributed by atoms with E-state index in [0.29, 0.717) is 0 Å². The molecule has 2 heterocycles. The Labute approximate surface area is 158 Å². The molecular weight excluding hydrogens is 332 g/mol. The summed E-state index contributed by atoms with van der Waals surface area (Å²) in [5.74, 6) is 0.0610. The van der Waals surface area contributed by atoms with E-state index in [1.54, 1.807) is 0 Å². The smallest absolute Gasteiger partial charge is 0.259 e. The summed E-state index contributed by atoms with van der Waals surface area (Å²) >= 11 is 0.